The van der Waals surface area contributed by atoms with Gasteiger partial charge >= 0.3 is 0 Å². The molecule has 1 aromatic heterocycles. The topological polar surface area (TPSA) is 62.7 Å². The Morgan fingerprint density at radius 3 is 2.44 bits per heavy atom. The Balaban J connectivity index is 2.59. The van der Waals surface area contributed by atoms with Gasteiger partial charge in [0, 0.05) is 11.3 Å². The standard InChI is InChI=1S/C12H8ClN3/c13-11-6-3-9(7-14)12(16-11)8-1-4-10(15)5-2-8/h1-6H,15H2. The minimum absolute atomic E-state index is 0.367. The lowest BCUT2D eigenvalue weighted by molar-refractivity contribution is 1.30. The van der Waals surface area contributed by atoms with Crippen molar-refractivity contribution >= 4 is 17.3 Å². The third-order valence-electron chi connectivity index (χ3n) is 2.17. The van der Waals surface area contributed by atoms with Crippen molar-refractivity contribution in [3.8, 4) is 17.3 Å². The molecule has 0 bridgehead atoms. The summed E-state index contributed by atoms with van der Waals surface area (Å²) in [5, 5.41) is 9.33. The van der Waals surface area contributed by atoms with E-state index in [4.69, 9.17) is 22.6 Å². The highest BCUT2D eigenvalue weighted by Gasteiger charge is 2.07. The summed E-state index contributed by atoms with van der Waals surface area (Å²) in [7, 11) is 0. The number of anilines is 1. The highest BCUT2D eigenvalue weighted by Crippen LogP contribution is 2.23. The monoisotopic (exact) mass is 229 g/mol. The Labute approximate surface area is 98.1 Å². The van der Waals surface area contributed by atoms with E-state index < -0.39 is 0 Å². The molecule has 0 spiro atoms. The Kier molecular flexibility index (Phi) is 2.76. The second-order valence-corrected chi connectivity index (χ2v) is 3.65. The smallest absolute Gasteiger partial charge is 0.129 e. The van der Waals surface area contributed by atoms with E-state index in [0.717, 1.165) is 5.56 Å². The van der Waals surface area contributed by atoms with Gasteiger partial charge in [-0.1, -0.05) is 23.7 Å². The van der Waals surface area contributed by atoms with Crippen molar-refractivity contribution < 1.29 is 0 Å². The molecule has 2 N–H and O–H groups in total. The largest absolute Gasteiger partial charge is 0.399 e. The maximum Gasteiger partial charge on any atom is 0.129 e. The van der Waals surface area contributed by atoms with Gasteiger partial charge in [-0.25, -0.2) is 4.98 Å². The number of aromatic nitrogens is 1. The van der Waals surface area contributed by atoms with E-state index in [9.17, 15) is 0 Å². The summed E-state index contributed by atoms with van der Waals surface area (Å²) in [6, 6.07) is 12.5. The molecule has 0 atom stereocenters. The maximum atomic E-state index is 8.97. The number of hydrogen-bond donors (Lipinski definition) is 1. The second-order valence-electron chi connectivity index (χ2n) is 3.26. The van der Waals surface area contributed by atoms with Crippen LogP contribution in [0.4, 0.5) is 5.69 Å². The van der Waals surface area contributed by atoms with Gasteiger partial charge in [-0.15, -0.1) is 0 Å². The molecule has 2 aromatic rings. The highest BCUT2D eigenvalue weighted by atomic mass is 35.5. The summed E-state index contributed by atoms with van der Waals surface area (Å²) in [5.41, 5.74) is 8.16. The van der Waals surface area contributed by atoms with Crippen LogP contribution in [0.5, 0.6) is 0 Å². The van der Waals surface area contributed by atoms with Crippen molar-refractivity contribution in [1.82, 2.24) is 4.98 Å². The van der Waals surface area contributed by atoms with Crippen molar-refractivity contribution in [2.24, 2.45) is 0 Å². The molecule has 0 saturated carbocycles. The van der Waals surface area contributed by atoms with E-state index in [1.807, 2.05) is 12.1 Å². The van der Waals surface area contributed by atoms with Gasteiger partial charge in [0.15, 0.2) is 0 Å². The Hall–Kier alpha value is -2.05. The van der Waals surface area contributed by atoms with Gasteiger partial charge in [0.25, 0.3) is 0 Å². The number of hydrogen-bond acceptors (Lipinski definition) is 3. The molecule has 0 aliphatic heterocycles. The quantitative estimate of drug-likeness (QED) is 0.604. The van der Waals surface area contributed by atoms with Crippen LogP contribution in [-0.4, -0.2) is 4.98 Å². The zero-order valence-electron chi connectivity index (χ0n) is 8.31. The van der Waals surface area contributed by atoms with E-state index in [1.54, 1.807) is 24.3 Å². The molecular formula is C12H8ClN3. The average molecular weight is 230 g/mol. The fourth-order valence-electron chi connectivity index (χ4n) is 1.39. The van der Waals surface area contributed by atoms with Crippen molar-refractivity contribution in [2.75, 3.05) is 5.73 Å². The molecule has 0 aliphatic carbocycles. The van der Waals surface area contributed by atoms with Crippen LogP contribution in [0.1, 0.15) is 5.56 Å². The van der Waals surface area contributed by atoms with Crippen LogP contribution in [0.25, 0.3) is 11.3 Å². The molecule has 3 nitrogen and oxygen atoms in total. The van der Waals surface area contributed by atoms with Gasteiger partial charge in [0.05, 0.1) is 11.3 Å². The number of nitrogens with two attached hydrogens (primary N) is 1. The predicted molar refractivity (Wildman–Crippen MR) is 63.8 cm³/mol. The Bertz CT molecular complexity index is 555. The normalized spacial score (nSPS) is 9.75. The first-order valence-corrected chi connectivity index (χ1v) is 5.01. The number of rotatable bonds is 1. The molecule has 0 fully saturated rings. The van der Waals surface area contributed by atoms with Crippen molar-refractivity contribution in [2.45, 2.75) is 0 Å². The first-order chi connectivity index (χ1) is 7.70. The lowest BCUT2D eigenvalue weighted by atomic mass is 10.1. The van der Waals surface area contributed by atoms with Crippen LogP contribution < -0.4 is 5.73 Å². The molecular weight excluding hydrogens is 222 g/mol. The molecule has 0 saturated heterocycles. The van der Waals surface area contributed by atoms with Crippen LogP contribution in [0.3, 0.4) is 0 Å². The summed E-state index contributed by atoms with van der Waals surface area (Å²) in [6.45, 7) is 0. The van der Waals surface area contributed by atoms with E-state index in [-0.39, 0.29) is 0 Å². The Morgan fingerprint density at radius 1 is 1.12 bits per heavy atom. The molecule has 0 amide bonds. The summed E-state index contributed by atoms with van der Waals surface area (Å²) in [4.78, 5) is 4.15. The van der Waals surface area contributed by atoms with Crippen molar-refractivity contribution in [1.29, 1.82) is 5.26 Å². The first-order valence-electron chi connectivity index (χ1n) is 4.63. The van der Waals surface area contributed by atoms with Crippen LogP contribution in [-0.2, 0) is 0 Å². The SMILES string of the molecule is N#Cc1ccc(Cl)nc1-c1ccc(N)cc1. The minimum Gasteiger partial charge on any atom is -0.399 e. The fourth-order valence-corrected chi connectivity index (χ4v) is 1.53. The van der Waals surface area contributed by atoms with E-state index >= 15 is 0 Å². The predicted octanol–water partition coefficient (Wildman–Crippen LogP) is 2.86. The summed E-state index contributed by atoms with van der Waals surface area (Å²) in [6.07, 6.45) is 0. The lowest BCUT2D eigenvalue weighted by Crippen LogP contribution is -1.90. The highest BCUT2D eigenvalue weighted by molar-refractivity contribution is 6.29. The number of nitrogens with zero attached hydrogens (tertiary/aromatic N) is 2. The fraction of sp³-hybridized carbons (Fsp3) is 0. The molecule has 78 valence electrons. The van der Waals surface area contributed by atoms with E-state index in [1.165, 1.54) is 0 Å². The zero-order chi connectivity index (χ0) is 11.5. The summed E-state index contributed by atoms with van der Waals surface area (Å²) < 4.78 is 0. The third kappa shape index (κ3) is 1.97. The molecule has 16 heavy (non-hydrogen) atoms. The van der Waals surface area contributed by atoms with Gasteiger partial charge in [0.1, 0.15) is 11.2 Å². The van der Waals surface area contributed by atoms with Crippen molar-refractivity contribution in [3.05, 3.63) is 47.1 Å². The second kappa shape index (κ2) is 4.21. The van der Waals surface area contributed by atoms with E-state index in [0.29, 0.717) is 22.1 Å². The van der Waals surface area contributed by atoms with Gasteiger partial charge in [-0.2, -0.15) is 5.26 Å². The third-order valence-corrected chi connectivity index (χ3v) is 2.38. The number of nitriles is 1. The van der Waals surface area contributed by atoms with Crippen LogP contribution >= 0.6 is 11.6 Å². The van der Waals surface area contributed by atoms with Crippen LogP contribution in [0, 0.1) is 11.3 Å². The lowest BCUT2D eigenvalue weighted by Gasteiger charge is -2.04. The number of halogens is 1. The molecule has 1 heterocycles. The van der Waals surface area contributed by atoms with Crippen LogP contribution in [0.15, 0.2) is 36.4 Å². The summed E-state index contributed by atoms with van der Waals surface area (Å²) in [5.74, 6) is 0. The van der Waals surface area contributed by atoms with E-state index in [2.05, 4.69) is 11.1 Å². The Morgan fingerprint density at radius 2 is 1.81 bits per heavy atom. The zero-order valence-corrected chi connectivity index (χ0v) is 9.07. The minimum atomic E-state index is 0.367. The first kappa shape index (κ1) is 10.5. The molecule has 0 unspecified atom stereocenters. The number of nitrogen functional groups attached to an aromatic ring is 1. The van der Waals surface area contributed by atoms with Gasteiger partial charge in [0.2, 0.25) is 0 Å². The van der Waals surface area contributed by atoms with Crippen LogP contribution in [0.2, 0.25) is 5.15 Å². The van der Waals surface area contributed by atoms with Gasteiger partial charge in [-0.05, 0) is 24.3 Å². The molecule has 0 radical (unpaired) electrons. The maximum absolute atomic E-state index is 8.97. The molecule has 2 rings (SSSR count). The summed E-state index contributed by atoms with van der Waals surface area (Å²) >= 11 is 5.81. The molecule has 4 heteroatoms. The number of pyridine rings is 1. The molecule has 0 aliphatic rings. The van der Waals surface area contributed by atoms with Crippen molar-refractivity contribution in [3.63, 3.8) is 0 Å². The average Bonchev–Trinajstić information content (AvgIpc) is 2.30. The number of benzene rings is 1. The van der Waals surface area contributed by atoms with Gasteiger partial charge in [-0.3, -0.25) is 0 Å². The van der Waals surface area contributed by atoms with Gasteiger partial charge < -0.3 is 5.73 Å². The molecule has 1 aromatic carbocycles.